The normalized spacial score (nSPS) is 11.7. The van der Waals surface area contributed by atoms with Crippen LogP contribution in [-0.2, 0) is 0 Å². The zero-order valence-corrected chi connectivity index (χ0v) is 24.0. The number of rotatable bonds is 3. The largest absolute Gasteiger partial charge is 0.244 e. The van der Waals surface area contributed by atoms with Crippen LogP contribution >= 0.6 is 11.3 Å². The first-order chi connectivity index (χ1) is 21.3. The molecule has 0 aliphatic heterocycles. The number of nitrogens with zero attached hydrogens (tertiary/aromatic N) is 2. The molecule has 0 spiro atoms. The molecule has 2 heterocycles. The molecule has 0 atom stereocenters. The Morgan fingerprint density at radius 3 is 1.93 bits per heavy atom. The standard InChI is InChI=1S/C40H24N2S/c1-2-10-25(11-3-1)29-23-33(38-32-14-6-9-17-36(32)43-37(38)24-29)40-39(41-34-15-7-8-16-35(34)42-40)28-20-21-31-27(22-28)19-18-26-12-4-5-13-30(26)31/h1-24H. The highest BCUT2D eigenvalue weighted by Crippen LogP contribution is 2.45. The van der Waals surface area contributed by atoms with Crippen LogP contribution in [0.4, 0.5) is 0 Å². The summed E-state index contributed by atoms with van der Waals surface area (Å²) in [6.45, 7) is 0. The number of para-hydroxylation sites is 2. The van der Waals surface area contributed by atoms with E-state index in [-0.39, 0.29) is 0 Å². The molecule has 0 radical (unpaired) electrons. The van der Waals surface area contributed by atoms with Crippen molar-refractivity contribution in [2.24, 2.45) is 0 Å². The smallest absolute Gasteiger partial charge is 0.0980 e. The molecule has 0 amide bonds. The van der Waals surface area contributed by atoms with E-state index in [2.05, 4.69) is 133 Å². The molecule has 0 fully saturated rings. The maximum atomic E-state index is 5.37. The number of fused-ring (bicyclic) bond motifs is 7. The minimum atomic E-state index is 0.894. The van der Waals surface area contributed by atoms with Crippen LogP contribution in [0.25, 0.3) is 86.4 Å². The highest BCUT2D eigenvalue weighted by molar-refractivity contribution is 7.26. The topological polar surface area (TPSA) is 25.8 Å². The van der Waals surface area contributed by atoms with Crippen LogP contribution in [0.3, 0.4) is 0 Å². The quantitative estimate of drug-likeness (QED) is 0.199. The van der Waals surface area contributed by atoms with Crippen LogP contribution in [0.15, 0.2) is 146 Å². The Balaban J connectivity index is 1.38. The molecule has 7 aromatic carbocycles. The van der Waals surface area contributed by atoms with Gasteiger partial charge in [-0.3, -0.25) is 0 Å². The van der Waals surface area contributed by atoms with E-state index in [4.69, 9.17) is 9.97 Å². The summed E-state index contributed by atoms with van der Waals surface area (Å²) in [6, 6.07) is 51.9. The average molecular weight is 565 g/mol. The van der Waals surface area contributed by atoms with Crippen molar-refractivity contribution in [2.45, 2.75) is 0 Å². The van der Waals surface area contributed by atoms with Crippen molar-refractivity contribution in [1.82, 2.24) is 9.97 Å². The SMILES string of the molecule is c1ccc(-c2cc(-c3nc4ccccc4nc3-c3ccc4c(ccc5ccccc54)c3)c3c(c2)sc2ccccc23)cc1. The molecular formula is C40H24N2S. The van der Waals surface area contributed by atoms with Crippen LogP contribution in [0.2, 0.25) is 0 Å². The number of thiophene rings is 1. The molecule has 0 saturated carbocycles. The number of aromatic nitrogens is 2. The Morgan fingerprint density at radius 1 is 0.395 bits per heavy atom. The molecule has 9 aromatic rings. The molecule has 0 bridgehead atoms. The summed E-state index contributed by atoms with van der Waals surface area (Å²) in [4.78, 5) is 10.7. The van der Waals surface area contributed by atoms with Gasteiger partial charge in [-0.2, -0.15) is 0 Å². The highest BCUT2D eigenvalue weighted by atomic mass is 32.1. The van der Waals surface area contributed by atoms with Crippen LogP contribution in [0, 0.1) is 0 Å². The Bertz CT molecular complexity index is 2510. The van der Waals surface area contributed by atoms with Crippen molar-refractivity contribution in [3.05, 3.63) is 146 Å². The molecule has 2 aromatic heterocycles. The van der Waals surface area contributed by atoms with Gasteiger partial charge in [0.05, 0.1) is 22.4 Å². The number of benzene rings is 7. The lowest BCUT2D eigenvalue weighted by Gasteiger charge is -2.14. The third-order valence-corrected chi connectivity index (χ3v) is 9.55. The van der Waals surface area contributed by atoms with E-state index in [1.165, 1.54) is 52.8 Å². The zero-order valence-electron chi connectivity index (χ0n) is 23.2. The van der Waals surface area contributed by atoms with Crippen LogP contribution in [0.5, 0.6) is 0 Å². The van der Waals surface area contributed by atoms with Crippen molar-refractivity contribution in [3.8, 4) is 33.6 Å². The van der Waals surface area contributed by atoms with E-state index in [1.54, 1.807) is 0 Å². The van der Waals surface area contributed by atoms with Gasteiger partial charge < -0.3 is 0 Å². The average Bonchev–Trinajstić information content (AvgIpc) is 3.46. The summed E-state index contributed by atoms with van der Waals surface area (Å²) in [6.07, 6.45) is 0. The Labute approximate surface area is 252 Å². The molecule has 0 unspecified atom stereocenters. The van der Waals surface area contributed by atoms with Gasteiger partial charge in [0, 0.05) is 31.3 Å². The lowest BCUT2D eigenvalue weighted by atomic mass is 9.93. The van der Waals surface area contributed by atoms with Crippen LogP contribution < -0.4 is 0 Å². The summed E-state index contributed by atoms with van der Waals surface area (Å²) < 4.78 is 2.53. The molecule has 9 rings (SSSR count). The van der Waals surface area contributed by atoms with E-state index >= 15 is 0 Å². The second kappa shape index (κ2) is 9.59. The lowest BCUT2D eigenvalue weighted by Crippen LogP contribution is -1.96. The van der Waals surface area contributed by atoms with E-state index < -0.39 is 0 Å². The number of hydrogen-bond donors (Lipinski definition) is 0. The summed E-state index contributed by atoms with van der Waals surface area (Å²) in [7, 11) is 0. The van der Waals surface area contributed by atoms with Gasteiger partial charge in [0.1, 0.15) is 0 Å². The summed E-state index contributed by atoms with van der Waals surface area (Å²) in [5.74, 6) is 0. The second-order valence-electron chi connectivity index (χ2n) is 11.0. The highest BCUT2D eigenvalue weighted by Gasteiger charge is 2.20. The van der Waals surface area contributed by atoms with E-state index in [0.29, 0.717) is 0 Å². The van der Waals surface area contributed by atoms with E-state index in [0.717, 1.165) is 33.5 Å². The van der Waals surface area contributed by atoms with E-state index in [9.17, 15) is 0 Å². The Kier molecular flexibility index (Phi) is 5.40. The molecule has 2 nitrogen and oxygen atoms in total. The Morgan fingerprint density at radius 2 is 1.07 bits per heavy atom. The maximum absolute atomic E-state index is 5.37. The molecule has 43 heavy (non-hydrogen) atoms. The van der Waals surface area contributed by atoms with Gasteiger partial charge in [-0.1, -0.05) is 109 Å². The first-order valence-electron chi connectivity index (χ1n) is 14.5. The summed E-state index contributed by atoms with van der Waals surface area (Å²) in [5.41, 5.74) is 8.14. The number of hydrogen-bond acceptors (Lipinski definition) is 3. The first kappa shape index (κ1) is 24.2. The van der Waals surface area contributed by atoms with Gasteiger partial charge in [0.2, 0.25) is 0 Å². The predicted octanol–water partition coefficient (Wildman–Crippen LogP) is 11.3. The molecule has 0 aliphatic carbocycles. The predicted molar refractivity (Wildman–Crippen MR) is 184 cm³/mol. The van der Waals surface area contributed by atoms with Gasteiger partial charge in [0.15, 0.2) is 0 Å². The van der Waals surface area contributed by atoms with Gasteiger partial charge in [0.25, 0.3) is 0 Å². The van der Waals surface area contributed by atoms with Gasteiger partial charge in [-0.15, -0.1) is 11.3 Å². The van der Waals surface area contributed by atoms with Gasteiger partial charge in [-0.25, -0.2) is 9.97 Å². The van der Waals surface area contributed by atoms with Gasteiger partial charge in [-0.05, 0) is 69.1 Å². The van der Waals surface area contributed by atoms with Crippen LogP contribution in [-0.4, -0.2) is 9.97 Å². The fourth-order valence-electron chi connectivity index (χ4n) is 6.39. The van der Waals surface area contributed by atoms with Crippen molar-refractivity contribution in [3.63, 3.8) is 0 Å². The monoisotopic (exact) mass is 564 g/mol. The maximum Gasteiger partial charge on any atom is 0.0980 e. The third-order valence-electron chi connectivity index (χ3n) is 8.43. The Hall–Kier alpha value is -5.38. The van der Waals surface area contributed by atoms with E-state index in [1.807, 2.05) is 23.5 Å². The molecule has 3 heteroatoms. The van der Waals surface area contributed by atoms with Crippen molar-refractivity contribution in [1.29, 1.82) is 0 Å². The molecular weight excluding hydrogens is 541 g/mol. The van der Waals surface area contributed by atoms with Gasteiger partial charge >= 0.3 is 0 Å². The fraction of sp³-hybridized carbons (Fsp3) is 0. The molecule has 0 aliphatic rings. The molecule has 200 valence electrons. The van der Waals surface area contributed by atoms with Crippen molar-refractivity contribution < 1.29 is 0 Å². The van der Waals surface area contributed by atoms with Crippen molar-refractivity contribution in [2.75, 3.05) is 0 Å². The first-order valence-corrected chi connectivity index (χ1v) is 15.3. The third kappa shape index (κ3) is 3.93. The molecule has 0 saturated heterocycles. The molecule has 0 N–H and O–H groups in total. The zero-order chi connectivity index (χ0) is 28.3. The fourth-order valence-corrected chi connectivity index (χ4v) is 7.56. The second-order valence-corrected chi connectivity index (χ2v) is 12.1. The summed E-state index contributed by atoms with van der Waals surface area (Å²) >= 11 is 1.84. The minimum absolute atomic E-state index is 0.894. The van der Waals surface area contributed by atoms with Crippen molar-refractivity contribution >= 4 is 64.1 Å². The summed E-state index contributed by atoms with van der Waals surface area (Å²) in [5, 5.41) is 7.44. The van der Waals surface area contributed by atoms with Crippen LogP contribution in [0.1, 0.15) is 0 Å². The minimum Gasteiger partial charge on any atom is -0.244 e. The lowest BCUT2D eigenvalue weighted by molar-refractivity contribution is 1.30.